The Morgan fingerprint density at radius 3 is 2.35 bits per heavy atom. The lowest BCUT2D eigenvalue weighted by molar-refractivity contribution is -0.142. The Hall–Kier alpha value is -1.78. The maximum absolute atomic E-state index is 13.0. The molecule has 0 radical (unpaired) electrons. The quantitative estimate of drug-likeness (QED) is 0.564. The van der Waals surface area contributed by atoms with Crippen LogP contribution < -0.4 is 0 Å². The van der Waals surface area contributed by atoms with E-state index >= 15 is 0 Å². The maximum atomic E-state index is 13.0. The van der Waals surface area contributed by atoms with E-state index in [4.69, 9.17) is 0 Å². The SMILES string of the molecule is CCCCC(=O)N(CC(=O)N(CCCC)Cc1cccn1C)[C@H](C)CC. The molecule has 1 aromatic heterocycles. The first-order chi connectivity index (χ1) is 12.4. The summed E-state index contributed by atoms with van der Waals surface area (Å²) in [5.74, 6) is 0.147. The Balaban J connectivity index is 2.85. The van der Waals surface area contributed by atoms with Crippen molar-refractivity contribution in [1.82, 2.24) is 14.4 Å². The Bertz CT molecular complexity index is 553. The average molecular weight is 364 g/mol. The van der Waals surface area contributed by atoms with Crippen LogP contribution in [0.25, 0.3) is 0 Å². The first kappa shape index (κ1) is 22.3. The van der Waals surface area contributed by atoms with E-state index < -0.39 is 0 Å². The van der Waals surface area contributed by atoms with Crippen LogP contribution in [0.3, 0.4) is 0 Å². The fraction of sp³-hybridized carbons (Fsp3) is 0.714. The number of nitrogens with zero attached hydrogens (tertiary/aromatic N) is 3. The summed E-state index contributed by atoms with van der Waals surface area (Å²) in [6.07, 6.45) is 7.27. The molecule has 0 spiro atoms. The fourth-order valence-corrected chi connectivity index (χ4v) is 2.92. The van der Waals surface area contributed by atoms with E-state index in [-0.39, 0.29) is 24.4 Å². The van der Waals surface area contributed by atoms with E-state index in [1.807, 2.05) is 41.8 Å². The lowest BCUT2D eigenvalue weighted by atomic mass is 10.1. The molecule has 26 heavy (non-hydrogen) atoms. The summed E-state index contributed by atoms with van der Waals surface area (Å²) in [6, 6.07) is 4.13. The molecule has 0 unspecified atom stereocenters. The minimum Gasteiger partial charge on any atom is -0.353 e. The Labute approximate surface area is 159 Å². The molecular weight excluding hydrogens is 326 g/mol. The normalized spacial score (nSPS) is 12.0. The van der Waals surface area contributed by atoms with Gasteiger partial charge in [-0.25, -0.2) is 0 Å². The lowest BCUT2D eigenvalue weighted by Crippen LogP contribution is -2.46. The topological polar surface area (TPSA) is 45.6 Å². The molecule has 0 saturated carbocycles. The monoisotopic (exact) mass is 363 g/mol. The van der Waals surface area contributed by atoms with Gasteiger partial charge in [0.2, 0.25) is 11.8 Å². The van der Waals surface area contributed by atoms with E-state index in [1.54, 1.807) is 4.90 Å². The van der Waals surface area contributed by atoms with Gasteiger partial charge in [-0.1, -0.05) is 33.6 Å². The first-order valence-electron chi connectivity index (χ1n) is 10.1. The molecule has 0 bridgehead atoms. The summed E-state index contributed by atoms with van der Waals surface area (Å²) in [4.78, 5) is 29.3. The van der Waals surface area contributed by atoms with Crippen molar-refractivity contribution in [2.24, 2.45) is 7.05 Å². The highest BCUT2D eigenvalue weighted by Gasteiger charge is 2.24. The number of aryl methyl sites for hydroxylation is 1. The van der Waals surface area contributed by atoms with Crippen molar-refractivity contribution < 1.29 is 9.59 Å². The molecule has 0 aliphatic carbocycles. The van der Waals surface area contributed by atoms with Crippen molar-refractivity contribution in [2.45, 2.75) is 78.8 Å². The van der Waals surface area contributed by atoms with Gasteiger partial charge >= 0.3 is 0 Å². The molecule has 1 atom stereocenters. The molecule has 0 saturated heterocycles. The van der Waals surface area contributed by atoms with Gasteiger partial charge in [0.05, 0.1) is 13.1 Å². The van der Waals surface area contributed by atoms with Gasteiger partial charge < -0.3 is 14.4 Å². The van der Waals surface area contributed by atoms with E-state index in [1.165, 1.54) is 0 Å². The molecule has 5 nitrogen and oxygen atoms in total. The van der Waals surface area contributed by atoms with E-state index in [9.17, 15) is 9.59 Å². The van der Waals surface area contributed by atoms with Gasteiger partial charge in [0.15, 0.2) is 0 Å². The van der Waals surface area contributed by atoms with Gasteiger partial charge in [-0.05, 0) is 38.3 Å². The van der Waals surface area contributed by atoms with Gasteiger partial charge in [-0.3, -0.25) is 9.59 Å². The lowest BCUT2D eigenvalue weighted by Gasteiger charge is -2.31. The van der Waals surface area contributed by atoms with Crippen LogP contribution in [0, 0.1) is 0 Å². The number of rotatable bonds is 12. The molecule has 0 aliphatic heterocycles. The maximum Gasteiger partial charge on any atom is 0.242 e. The third-order valence-corrected chi connectivity index (χ3v) is 5.03. The molecular formula is C21H37N3O2. The molecule has 0 fully saturated rings. The largest absolute Gasteiger partial charge is 0.353 e. The Kier molecular flexibility index (Phi) is 10.1. The van der Waals surface area contributed by atoms with E-state index in [2.05, 4.69) is 20.8 Å². The van der Waals surface area contributed by atoms with E-state index in [0.29, 0.717) is 13.0 Å². The molecule has 0 N–H and O–H groups in total. The second-order valence-electron chi connectivity index (χ2n) is 7.16. The third-order valence-electron chi connectivity index (χ3n) is 5.03. The number of carbonyl (C=O) groups excluding carboxylic acids is 2. The Morgan fingerprint density at radius 2 is 1.81 bits per heavy atom. The van der Waals surface area contributed by atoms with Crippen LogP contribution >= 0.6 is 0 Å². The summed E-state index contributed by atoms with van der Waals surface area (Å²) < 4.78 is 2.05. The van der Waals surface area contributed by atoms with Crippen LogP contribution in [0.1, 0.15) is 71.9 Å². The second kappa shape index (κ2) is 11.8. The highest BCUT2D eigenvalue weighted by Crippen LogP contribution is 2.12. The zero-order valence-electron chi connectivity index (χ0n) is 17.3. The molecule has 5 heteroatoms. The number of carbonyl (C=O) groups is 2. The van der Waals surface area contributed by atoms with Crippen molar-refractivity contribution in [3.05, 3.63) is 24.0 Å². The molecule has 1 heterocycles. The highest BCUT2D eigenvalue weighted by molar-refractivity contribution is 5.85. The molecule has 1 aromatic rings. The van der Waals surface area contributed by atoms with Crippen molar-refractivity contribution in [3.63, 3.8) is 0 Å². The second-order valence-corrected chi connectivity index (χ2v) is 7.16. The summed E-state index contributed by atoms with van der Waals surface area (Å²) in [5.41, 5.74) is 1.11. The van der Waals surface area contributed by atoms with Crippen LogP contribution in [0.4, 0.5) is 0 Å². The van der Waals surface area contributed by atoms with Gasteiger partial charge in [0.25, 0.3) is 0 Å². The minimum absolute atomic E-state index is 0.0461. The van der Waals surface area contributed by atoms with Crippen LogP contribution in [-0.2, 0) is 23.2 Å². The zero-order chi connectivity index (χ0) is 19.5. The van der Waals surface area contributed by atoms with Crippen molar-refractivity contribution in [2.75, 3.05) is 13.1 Å². The van der Waals surface area contributed by atoms with Crippen LogP contribution in [0.2, 0.25) is 0 Å². The average Bonchev–Trinajstić information content (AvgIpc) is 3.04. The van der Waals surface area contributed by atoms with Crippen molar-refractivity contribution in [1.29, 1.82) is 0 Å². The predicted octanol–water partition coefficient (Wildman–Crippen LogP) is 3.97. The summed E-state index contributed by atoms with van der Waals surface area (Å²) >= 11 is 0. The summed E-state index contributed by atoms with van der Waals surface area (Å²) in [6.45, 7) is 9.82. The summed E-state index contributed by atoms with van der Waals surface area (Å²) in [5, 5.41) is 0. The molecule has 2 amide bonds. The number of hydrogen-bond acceptors (Lipinski definition) is 2. The van der Waals surface area contributed by atoms with Crippen molar-refractivity contribution >= 4 is 11.8 Å². The van der Waals surface area contributed by atoms with Crippen molar-refractivity contribution in [3.8, 4) is 0 Å². The fourth-order valence-electron chi connectivity index (χ4n) is 2.92. The number of hydrogen-bond donors (Lipinski definition) is 0. The van der Waals surface area contributed by atoms with Gasteiger partial charge in [0.1, 0.15) is 0 Å². The standard InChI is InChI=1S/C21H37N3O2/c1-6-9-13-20(25)24(18(4)8-3)17-21(26)23(15-10-7-2)16-19-12-11-14-22(19)5/h11-12,14,18H,6-10,13,15-17H2,1-5H3/t18-/m1/s1. The minimum atomic E-state index is 0.0461. The Morgan fingerprint density at radius 1 is 1.12 bits per heavy atom. The van der Waals surface area contributed by atoms with E-state index in [0.717, 1.165) is 44.3 Å². The number of unbranched alkanes of at least 4 members (excludes halogenated alkanes) is 2. The smallest absolute Gasteiger partial charge is 0.242 e. The van der Waals surface area contributed by atoms with Crippen LogP contribution in [-0.4, -0.2) is 45.3 Å². The van der Waals surface area contributed by atoms with Crippen LogP contribution in [0.15, 0.2) is 18.3 Å². The zero-order valence-corrected chi connectivity index (χ0v) is 17.3. The molecule has 0 aromatic carbocycles. The van der Waals surface area contributed by atoms with Gasteiger partial charge in [0, 0.05) is 37.9 Å². The molecule has 148 valence electrons. The molecule has 0 aliphatic rings. The number of aromatic nitrogens is 1. The highest BCUT2D eigenvalue weighted by atomic mass is 16.2. The molecule has 1 rings (SSSR count). The first-order valence-corrected chi connectivity index (χ1v) is 10.1. The third kappa shape index (κ3) is 6.85. The van der Waals surface area contributed by atoms with Gasteiger partial charge in [-0.2, -0.15) is 0 Å². The van der Waals surface area contributed by atoms with Gasteiger partial charge in [-0.15, -0.1) is 0 Å². The number of amides is 2. The van der Waals surface area contributed by atoms with Crippen LogP contribution in [0.5, 0.6) is 0 Å². The summed E-state index contributed by atoms with van der Waals surface area (Å²) in [7, 11) is 2.00. The predicted molar refractivity (Wildman–Crippen MR) is 107 cm³/mol.